The average molecular weight is 535 g/mol. The van der Waals surface area contributed by atoms with E-state index in [9.17, 15) is 9.59 Å². The van der Waals surface area contributed by atoms with Crippen LogP contribution < -0.4 is 21.7 Å². The van der Waals surface area contributed by atoms with Crippen LogP contribution in [0.1, 0.15) is 33.3 Å². The molecule has 192 valence electrons. The highest BCUT2D eigenvalue weighted by atomic mass is 35.5. The van der Waals surface area contributed by atoms with Gasteiger partial charge in [-0.05, 0) is 63.6 Å². The molecule has 1 aromatic heterocycles. The van der Waals surface area contributed by atoms with Crippen LogP contribution in [0.4, 0.5) is 5.69 Å². The SMILES string of the molecule is CC(C)Oc1ccc(/N=c2\[nH]c(=O)n(C[C@H]3COC(C)(C)O3)c(=O)n2Cc2ccc(Cl)cc2)cc1Cl. The molecule has 0 amide bonds. The molecule has 1 atom stereocenters. The zero-order chi connectivity index (χ0) is 26.0. The summed E-state index contributed by atoms with van der Waals surface area (Å²) in [6.07, 6.45) is -0.492. The fourth-order valence-corrected chi connectivity index (χ4v) is 4.15. The van der Waals surface area contributed by atoms with E-state index in [0.29, 0.717) is 21.5 Å². The van der Waals surface area contributed by atoms with Crippen molar-refractivity contribution in [2.75, 3.05) is 6.61 Å². The molecule has 2 heterocycles. The first kappa shape index (κ1) is 26.2. The van der Waals surface area contributed by atoms with Crippen LogP contribution in [0.2, 0.25) is 10.0 Å². The van der Waals surface area contributed by atoms with Gasteiger partial charge in [0.2, 0.25) is 5.62 Å². The molecule has 36 heavy (non-hydrogen) atoms. The zero-order valence-electron chi connectivity index (χ0n) is 20.5. The lowest BCUT2D eigenvalue weighted by atomic mass is 10.2. The van der Waals surface area contributed by atoms with Crippen molar-refractivity contribution in [2.45, 2.75) is 58.8 Å². The highest BCUT2D eigenvalue weighted by molar-refractivity contribution is 6.32. The summed E-state index contributed by atoms with van der Waals surface area (Å²) in [5.41, 5.74) is 0.186. The predicted molar refractivity (Wildman–Crippen MR) is 137 cm³/mol. The van der Waals surface area contributed by atoms with Crippen molar-refractivity contribution in [3.63, 3.8) is 0 Å². The van der Waals surface area contributed by atoms with Crippen LogP contribution in [0, 0.1) is 0 Å². The minimum Gasteiger partial charge on any atom is -0.489 e. The Balaban J connectivity index is 1.79. The number of rotatable bonds is 7. The molecule has 4 rings (SSSR count). The minimum absolute atomic E-state index is 0.0333. The standard InChI is InChI=1S/C25H28Cl2N4O5/c1-15(2)35-21-10-9-18(11-20(21)27)28-22-29-23(32)31(13-19-14-34-25(3,4)36-19)24(33)30(22)12-16-5-7-17(26)8-6-16/h5-11,15,19H,12-14H2,1-4H3,(H,28,29,32)/t19-/m0/s1. The van der Waals surface area contributed by atoms with Gasteiger partial charge < -0.3 is 14.2 Å². The van der Waals surface area contributed by atoms with E-state index in [1.165, 1.54) is 4.57 Å². The van der Waals surface area contributed by atoms with Crippen LogP contribution in [0.25, 0.3) is 0 Å². The molecule has 0 saturated carbocycles. The Hall–Kier alpha value is -2.85. The largest absolute Gasteiger partial charge is 0.489 e. The molecule has 9 nitrogen and oxygen atoms in total. The van der Waals surface area contributed by atoms with E-state index in [2.05, 4.69) is 9.98 Å². The maximum absolute atomic E-state index is 13.5. The summed E-state index contributed by atoms with van der Waals surface area (Å²) >= 11 is 12.4. The molecule has 1 aliphatic heterocycles. The van der Waals surface area contributed by atoms with Crippen molar-refractivity contribution in [3.05, 3.63) is 84.7 Å². The Bertz CT molecular complexity index is 1420. The minimum atomic E-state index is -0.777. The molecule has 0 radical (unpaired) electrons. The molecule has 0 unspecified atom stereocenters. The zero-order valence-corrected chi connectivity index (χ0v) is 22.0. The summed E-state index contributed by atoms with van der Waals surface area (Å²) in [6, 6.07) is 12.1. The number of aromatic nitrogens is 3. The molecule has 1 aliphatic rings. The molecule has 0 bridgehead atoms. The summed E-state index contributed by atoms with van der Waals surface area (Å²) < 4.78 is 19.5. The first-order valence-corrected chi connectivity index (χ1v) is 12.3. The highest BCUT2D eigenvalue weighted by Gasteiger charge is 2.33. The summed E-state index contributed by atoms with van der Waals surface area (Å²) in [4.78, 5) is 33.8. The second-order valence-electron chi connectivity index (χ2n) is 9.20. The molecular formula is C25H28Cl2N4O5. The number of benzene rings is 2. The summed E-state index contributed by atoms with van der Waals surface area (Å²) in [7, 11) is 0. The summed E-state index contributed by atoms with van der Waals surface area (Å²) in [6.45, 7) is 7.82. The lowest BCUT2D eigenvalue weighted by Crippen LogP contribution is -2.51. The monoisotopic (exact) mass is 534 g/mol. The number of halogens is 2. The molecule has 3 aromatic rings. The van der Waals surface area contributed by atoms with Gasteiger partial charge in [-0.2, -0.15) is 0 Å². The van der Waals surface area contributed by atoms with Crippen molar-refractivity contribution in [1.82, 2.24) is 14.1 Å². The number of nitrogens with zero attached hydrogens (tertiary/aromatic N) is 3. The molecule has 2 aromatic carbocycles. The van der Waals surface area contributed by atoms with E-state index in [4.69, 9.17) is 37.4 Å². The Labute approximate surface area is 217 Å². The quantitative estimate of drug-likeness (QED) is 0.496. The number of hydrogen-bond donors (Lipinski definition) is 1. The van der Waals surface area contributed by atoms with Gasteiger partial charge in [-0.25, -0.2) is 19.1 Å². The normalized spacial score (nSPS) is 17.6. The van der Waals surface area contributed by atoms with Crippen LogP contribution >= 0.6 is 23.2 Å². The van der Waals surface area contributed by atoms with Gasteiger partial charge in [0.1, 0.15) is 11.9 Å². The van der Waals surface area contributed by atoms with E-state index in [1.807, 2.05) is 13.8 Å². The van der Waals surface area contributed by atoms with Gasteiger partial charge in [-0.1, -0.05) is 35.3 Å². The molecule has 1 N–H and O–H groups in total. The van der Waals surface area contributed by atoms with Gasteiger partial charge in [0.05, 0.1) is 36.5 Å². The topological polar surface area (TPSA) is 99.8 Å². The highest BCUT2D eigenvalue weighted by Crippen LogP contribution is 2.29. The van der Waals surface area contributed by atoms with E-state index < -0.39 is 23.3 Å². The maximum Gasteiger partial charge on any atom is 0.335 e. The van der Waals surface area contributed by atoms with Gasteiger partial charge in [0.25, 0.3) is 0 Å². The van der Waals surface area contributed by atoms with Crippen molar-refractivity contribution in [3.8, 4) is 5.75 Å². The fourth-order valence-electron chi connectivity index (χ4n) is 3.81. The Morgan fingerprint density at radius 2 is 1.86 bits per heavy atom. The Kier molecular flexibility index (Phi) is 7.75. The smallest absolute Gasteiger partial charge is 0.335 e. The first-order chi connectivity index (χ1) is 17.0. The van der Waals surface area contributed by atoms with Gasteiger partial charge in [0.15, 0.2) is 5.79 Å². The van der Waals surface area contributed by atoms with Crippen molar-refractivity contribution < 1.29 is 14.2 Å². The number of ether oxygens (including phenoxy) is 3. The molecule has 0 spiro atoms. The van der Waals surface area contributed by atoms with Crippen LogP contribution in [0.15, 0.2) is 57.0 Å². The van der Waals surface area contributed by atoms with Gasteiger partial charge in [-0.15, -0.1) is 0 Å². The fraction of sp³-hybridized carbons (Fsp3) is 0.400. The van der Waals surface area contributed by atoms with E-state index >= 15 is 0 Å². The number of H-pyrrole nitrogens is 1. The predicted octanol–water partition coefficient (Wildman–Crippen LogP) is 3.86. The first-order valence-electron chi connectivity index (χ1n) is 11.5. The van der Waals surface area contributed by atoms with E-state index in [1.54, 1.807) is 56.3 Å². The van der Waals surface area contributed by atoms with Gasteiger partial charge in [-0.3, -0.25) is 9.55 Å². The lowest BCUT2D eigenvalue weighted by Gasteiger charge is -2.18. The Morgan fingerprint density at radius 3 is 2.47 bits per heavy atom. The van der Waals surface area contributed by atoms with Crippen LogP contribution in [-0.2, 0) is 22.6 Å². The molecule has 11 heteroatoms. The third kappa shape index (κ3) is 6.28. The number of nitrogens with one attached hydrogen (secondary N) is 1. The van der Waals surface area contributed by atoms with Crippen molar-refractivity contribution in [1.29, 1.82) is 0 Å². The second kappa shape index (κ2) is 10.6. The van der Waals surface area contributed by atoms with Gasteiger partial charge in [0, 0.05) is 5.02 Å². The van der Waals surface area contributed by atoms with Crippen LogP contribution in [0.5, 0.6) is 5.75 Å². The summed E-state index contributed by atoms with van der Waals surface area (Å²) in [5, 5.41) is 0.942. The van der Waals surface area contributed by atoms with Crippen molar-refractivity contribution >= 4 is 28.9 Å². The van der Waals surface area contributed by atoms with E-state index in [0.717, 1.165) is 10.1 Å². The lowest BCUT2D eigenvalue weighted by molar-refractivity contribution is -0.139. The molecule has 1 saturated heterocycles. The maximum atomic E-state index is 13.5. The van der Waals surface area contributed by atoms with Crippen LogP contribution in [0.3, 0.4) is 0 Å². The van der Waals surface area contributed by atoms with Crippen molar-refractivity contribution in [2.24, 2.45) is 4.99 Å². The molecule has 1 fully saturated rings. The third-order valence-electron chi connectivity index (χ3n) is 5.40. The molecule has 0 aliphatic carbocycles. The second-order valence-corrected chi connectivity index (χ2v) is 10.0. The summed E-state index contributed by atoms with van der Waals surface area (Å²) in [5.74, 6) is -0.259. The average Bonchev–Trinajstić information content (AvgIpc) is 3.15. The Morgan fingerprint density at radius 1 is 1.14 bits per heavy atom. The van der Waals surface area contributed by atoms with E-state index in [-0.39, 0.29) is 31.4 Å². The molecular weight excluding hydrogens is 507 g/mol. The third-order valence-corrected chi connectivity index (χ3v) is 5.95. The van der Waals surface area contributed by atoms with Crippen LogP contribution in [-0.4, -0.2) is 38.7 Å². The van der Waals surface area contributed by atoms with Gasteiger partial charge >= 0.3 is 11.4 Å². The number of aromatic amines is 1. The number of hydrogen-bond acceptors (Lipinski definition) is 6.